The molecule has 0 spiro atoms. The van der Waals surface area contributed by atoms with Crippen molar-refractivity contribution >= 4 is 32.6 Å². The minimum atomic E-state index is -2.03. The third-order valence-electron chi connectivity index (χ3n) is 10.1. The molecule has 6 heteroatoms. The number of hydrogen-bond donors (Lipinski definition) is 1. The molecule has 0 aliphatic heterocycles. The van der Waals surface area contributed by atoms with Crippen molar-refractivity contribution in [3.8, 4) is 5.75 Å². The van der Waals surface area contributed by atoms with E-state index in [0.29, 0.717) is 6.61 Å². The molecule has 0 aromatic heterocycles. The smallest absolute Gasteiger partial charge is 0.250 e. The topological polar surface area (TPSA) is 30.5 Å². The van der Waals surface area contributed by atoms with Gasteiger partial charge in [0.15, 0.2) is 8.32 Å². The van der Waals surface area contributed by atoms with E-state index in [-0.39, 0.29) is 16.1 Å². The molecular weight excluding hydrogens is 663 g/mol. The molecule has 4 aromatic carbocycles. The van der Waals surface area contributed by atoms with E-state index in [9.17, 15) is 0 Å². The van der Waals surface area contributed by atoms with Gasteiger partial charge in [-0.3, -0.25) is 5.32 Å². The van der Waals surface area contributed by atoms with Crippen LogP contribution < -0.4 is 9.74 Å². The highest BCUT2D eigenvalue weighted by molar-refractivity contribution is 9.10. The number of halogens is 1. The van der Waals surface area contributed by atoms with Gasteiger partial charge >= 0.3 is 0 Å². The molecule has 0 aliphatic carbocycles. The van der Waals surface area contributed by atoms with Gasteiger partial charge in [-0.05, 0) is 93.0 Å². The summed E-state index contributed by atoms with van der Waals surface area (Å²) in [6.07, 6.45) is 0.793. The van der Waals surface area contributed by atoms with Crippen LogP contribution in [0.15, 0.2) is 114 Å². The number of rotatable bonds is 12. The van der Waals surface area contributed by atoms with E-state index in [2.05, 4.69) is 198 Å². The Bertz CT molecular complexity index is 1450. The molecule has 0 saturated carbocycles. The van der Waals surface area contributed by atoms with Gasteiger partial charge in [0.1, 0.15) is 5.75 Å². The van der Waals surface area contributed by atoms with Crippen molar-refractivity contribution < 1.29 is 8.85 Å². The monoisotopic (exact) mass is 715 g/mol. The molecule has 246 valence electrons. The van der Waals surface area contributed by atoms with Gasteiger partial charge in [-0.2, -0.15) is 0 Å². The Kier molecular flexibility index (Phi) is 11.3. The summed E-state index contributed by atoms with van der Waals surface area (Å²) >= 11 is 3.88. The minimum Gasteiger partial charge on any atom is -0.543 e. The van der Waals surface area contributed by atoms with Gasteiger partial charge in [-0.25, -0.2) is 0 Å². The Balaban J connectivity index is 1.81. The number of hydrogen-bond acceptors (Lipinski definition) is 3. The highest BCUT2D eigenvalue weighted by Crippen LogP contribution is 2.41. The van der Waals surface area contributed by atoms with Crippen LogP contribution in [0.4, 0.5) is 0 Å². The summed E-state index contributed by atoms with van der Waals surface area (Å²) < 4.78 is 14.7. The van der Waals surface area contributed by atoms with Crippen LogP contribution in [0.5, 0.6) is 5.75 Å². The second-order valence-electron chi connectivity index (χ2n) is 15.6. The summed E-state index contributed by atoms with van der Waals surface area (Å²) in [5.74, 6) is 0.921. The van der Waals surface area contributed by atoms with E-state index in [1.807, 2.05) is 0 Å². The van der Waals surface area contributed by atoms with Crippen molar-refractivity contribution in [1.29, 1.82) is 0 Å². The molecule has 4 rings (SSSR count). The van der Waals surface area contributed by atoms with Crippen LogP contribution in [0.1, 0.15) is 63.8 Å². The SMILES string of the molecule is CC(C)(C)[Si](C)(C)OC[C@@H](Cc1ccc(O[Si](C)(C)C(C)(C)C)c(Br)c1)NC(c1ccccc1)(c1ccccc1)c1ccccc1. The summed E-state index contributed by atoms with van der Waals surface area (Å²) in [6, 6.07) is 39.1. The Morgan fingerprint density at radius 1 is 0.630 bits per heavy atom. The van der Waals surface area contributed by atoms with Gasteiger partial charge in [0.25, 0.3) is 8.32 Å². The molecule has 0 radical (unpaired) electrons. The van der Waals surface area contributed by atoms with Crippen LogP contribution in [0.3, 0.4) is 0 Å². The van der Waals surface area contributed by atoms with Crippen molar-refractivity contribution in [2.45, 2.75) is 95.8 Å². The summed E-state index contributed by atoms with van der Waals surface area (Å²) in [7, 11) is -4.01. The summed E-state index contributed by atoms with van der Waals surface area (Å²) in [6.45, 7) is 23.6. The highest BCUT2D eigenvalue weighted by Gasteiger charge is 2.42. The van der Waals surface area contributed by atoms with Crippen molar-refractivity contribution in [2.24, 2.45) is 0 Å². The second kappa shape index (κ2) is 14.3. The minimum absolute atomic E-state index is 0.00815. The zero-order chi connectivity index (χ0) is 33.8. The first-order valence-electron chi connectivity index (χ1n) is 16.5. The lowest BCUT2D eigenvalue weighted by atomic mass is 9.76. The zero-order valence-electron chi connectivity index (χ0n) is 29.6. The van der Waals surface area contributed by atoms with Gasteiger partial charge in [0.05, 0.1) is 10.0 Å². The van der Waals surface area contributed by atoms with E-state index in [4.69, 9.17) is 8.85 Å². The van der Waals surface area contributed by atoms with Crippen molar-refractivity contribution in [3.05, 3.63) is 136 Å². The molecule has 0 aliphatic rings. The first-order valence-corrected chi connectivity index (χ1v) is 23.1. The van der Waals surface area contributed by atoms with Crippen LogP contribution in [0.25, 0.3) is 0 Å². The maximum absolute atomic E-state index is 6.98. The quantitative estimate of drug-likeness (QED) is 0.117. The molecule has 1 atom stereocenters. The lowest BCUT2D eigenvalue weighted by Gasteiger charge is -2.42. The van der Waals surface area contributed by atoms with Gasteiger partial charge in [0.2, 0.25) is 0 Å². The van der Waals surface area contributed by atoms with Gasteiger partial charge in [-0.1, -0.05) is 139 Å². The highest BCUT2D eigenvalue weighted by atomic mass is 79.9. The van der Waals surface area contributed by atoms with E-state index < -0.39 is 22.2 Å². The largest absolute Gasteiger partial charge is 0.543 e. The predicted octanol–water partition coefficient (Wildman–Crippen LogP) is 11.3. The molecule has 1 N–H and O–H groups in total. The molecule has 4 aromatic rings. The Morgan fingerprint density at radius 2 is 1.07 bits per heavy atom. The molecular formula is C40H54BrNO2Si2. The molecule has 0 bridgehead atoms. The van der Waals surface area contributed by atoms with Crippen LogP contribution >= 0.6 is 15.9 Å². The zero-order valence-corrected chi connectivity index (χ0v) is 33.2. The van der Waals surface area contributed by atoms with Crippen molar-refractivity contribution in [1.82, 2.24) is 5.32 Å². The third-order valence-corrected chi connectivity index (χ3v) is 19.6. The van der Waals surface area contributed by atoms with Gasteiger partial charge < -0.3 is 8.85 Å². The molecule has 46 heavy (non-hydrogen) atoms. The average molecular weight is 717 g/mol. The Hall–Kier alpha value is -2.49. The first-order chi connectivity index (χ1) is 21.5. The van der Waals surface area contributed by atoms with Crippen LogP contribution in [-0.4, -0.2) is 29.3 Å². The molecule has 0 amide bonds. The maximum atomic E-state index is 6.98. The van der Waals surface area contributed by atoms with Crippen molar-refractivity contribution in [3.63, 3.8) is 0 Å². The second-order valence-corrected chi connectivity index (χ2v) is 26.0. The standard InChI is InChI=1S/C40H54BrNO2Si2/c1-38(2,3)45(7,8)43-30-35(28-31-26-27-37(36(41)29-31)44-46(9,10)39(4,5)6)42-40(32-20-14-11-15-21-32,33-22-16-12-17-23-33)34-24-18-13-19-25-34/h11-27,29,35,42H,28,30H2,1-10H3/t35-/m1/s1. The average Bonchev–Trinajstić information content (AvgIpc) is 3.00. The van der Waals surface area contributed by atoms with Gasteiger partial charge in [-0.15, -0.1) is 0 Å². The van der Waals surface area contributed by atoms with E-state index >= 15 is 0 Å². The summed E-state index contributed by atoms with van der Waals surface area (Å²) in [5, 5.41) is 4.47. The normalized spacial score (nSPS) is 13.8. The molecule has 0 heterocycles. The van der Waals surface area contributed by atoms with E-state index in [1.165, 1.54) is 22.3 Å². The Labute approximate surface area is 289 Å². The van der Waals surface area contributed by atoms with E-state index in [0.717, 1.165) is 16.6 Å². The number of benzene rings is 4. The van der Waals surface area contributed by atoms with Crippen molar-refractivity contribution in [2.75, 3.05) is 6.61 Å². The Morgan fingerprint density at radius 3 is 1.46 bits per heavy atom. The third kappa shape index (κ3) is 8.32. The van der Waals surface area contributed by atoms with Gasteiger partial charge in [0, 0.05) is 12.6 Å². The molecule has 0 fully saturated rings. The lowest BCUT2D eigenvalue weighted by molar-refractivity contribution is 0.222. The predicted molar refractivity (Wildman–Crippen MR) is 205 cm³/mol. The molecule has 0 saturated heterocycles. The lowest BCUT2D eigenvalue weighted by Crippen LogP contribution is -2.54. The number of nitrogens with one attached hydrogen (secondary N) is 1. The van der Waals surface area contributed by atoms with E-state index in [1.54, 1.807) is 0 Å². The fourth-order valence-electron chi connectivity index (χ4n) is 5.26. The fraction of sp³-hybridized carbons (Fsp3) is 0.400. The molecule has 0 unspecified atom stereocenters. The summed E-state index contributed by atoms with van der Waals surface area (Å²) in [5.41, 5.74) is 4.24. The maximum Gasteiger partial charge on any atom is 0.250 e. The molecule has 3 nitrogen and oxygen atoms in total. The summed E-state index contributed by atoms with van der Waals surface area (Å²) in [4.78, 5) is 0. The van der Waals surface area contributed by atoms with Crippen LogP contribution in [0.2, 0.25) is 36.3 Å². The first kappa shape index (κ1) is 36.4. The van der Waals surface area contributed by atoms with Crippen LogP contribution in [-0.2, 0) is 16.4 Å². The fourth-order valence-corrected chi connectivity index (χ4v) is 8.01. The van der Waals surface area contributed by atoms with Crippen LogP contribution in [0, 0.1) is 0 Å².